The number of benzene rings is 2. The Labute approximate surface area is 193 Å². The minimum atomic E-state index is 0.628. The molecule has 2 aromatic carbocycles. The quantitative estimate of drug-likeness (QED) is 0.394. The van der Waals surface area contributed by atoms with Crippen molar-refractivity contribution in [2.24, 2.45) is 4.99 Å². The van der Waals surface area contributed by atoms with Crippen molar-refractivity contribution in [3.05, 3.63) is 64.0 Å². The number of unbranched alkanes of at least 4 members (excludes halogenated alkanes) is 1. The summed E-state index contributed by atoms with van der Waals surface area (Å²) < 4.78 is 0. The van der Waals surface area contributed by atoms with Gasteiger partial charge in [0.1, 0.15) is 6.79 Å². The second-order valence-corrected chi connectivity index (χ2v) is 9.14. The second-order valence-electron chi connectivity index (χ2n) is 6.92. The van der Waals surface area contributed by atoms with Gasteiger partial charge in [-0.15, -0.1) is 0 Å². The first-order chi connectivity index (χ1) is 15.0. The van der Waals surface area contributed by atoms with Crippen LogP contribution in [0.3, 0.4) is 0 Å². The minimum Gasteiger partial charge on any atom is -0.354 e. The smallest absolute Gasteiger partial charge is 0.168 e. The first kappa shape index (κ1) is 24.6. The maximum absolute atomic E-state index is 9.20. The third-order valence-electron chi connectivity index (χ3n) is 4.66. The van der Waals surface area contributed by atoms with Gasteiger partial charge >= 0.3 is 0 Å². The summed E-state index contributed by atoms with van der Waals surface area (Å²) in [6, 6.07) is 18.2. The number of allylic oxidation sites excluding steroid dienone is 1. The Balaban J connectivity index is 0.00000166. The Morgan fingerprint density at radius 3 is 2.68 bits per heavy atom. The van der Waals surface area contributed by atoms with Crippen molar-refractivity contribution < 1.29 is 4.79 Å². The largest absolute Gasteiger partial charge is 0.354 e. The first-order valence-corrected chi connectivity index (χ1v) is 11.6. The van der Waals surface area contributed by atoms with Gasteiger partial charge in [0, 0.05) is 30.4 Å². The molecule has 0 aromatic heterocycles. The lowest BCUT2D eigenvalue weighted by Crippen LogP contribution is -2.25. The van der Waals surface area contributed by atoms with Crippen LogP contribution < -0.4 is 4.90 Å². The van der Waals surface area contributed by atoms with E-state index in [2.05, 4.69) is 68.1 Å². The molecule has 0 amide bonds. The zero-order valence-electron chi connectivity index (χ0n) is 18.5. The van der Waals surface area contributed by atoms with E-state index in [-0.39, 0.29) is 0 Å². The van der Waals surface area contributed by atoms with Crippen LogP contribution in [0.15, 0.2) is 68.4 Å². The fourth-order valence-electron chi connectivity index (χ4n) is 3.02. The van der Waals surface area contributed by atoms with Gasteiger partial charge in [-0.1, -0.05) is 55.1 Å². The van der Waals surface area contributed by atoms with Crippen molar-refractivity contribution in [1.82, 2.24) is 4.90 Å². The maximum atomic E-state index is 9.20. The molecule has 31 heavy (non-hydrogen) atoms. The molecule has 0 saturated carbocycles. The number of para-hydroxylation sites is 1. The number of hydrogen-bond acceptors (Lipinski definition) is 6. The van der Waals surface area contributed by atoms with Gasteiger partial charge in [0.05, 0.1) is 28.0 Å². The number of hydrogen-bond donors (Lipinski definition) is 0. The summed E-state index contributed by atoms with van der Waals surface area (Å²) in [5, 5.41) is 11.4. The van der Waals surface area contributed by atoms with E-state index in [0.29, 0.717) is 5.56 Å². The van der Waals surface area contributed by atoms with E-state index in [1.54, 1.807) is 29.6 Å². The Bertz CT molecular complexity index is 997. The normalized spacial score (nSPS) is 14.3. The molecule has 0 radical (unpaired) electrons. The van der Waals surface area contributed by atoms with Gasteiger partial charge in [-0.3, -0.25) is 0 Å². The molecule has 2 aromatic rings. The molecule has 0 unspecified atom stereocenters. The lowest BCUT2D eigenvalue weighted by atomic mass is 10.2. The molecule has 0 spiro atoms. The van der Waals surface area contributed by atoms with Crippen LogP contribution >= 0.6 is 23.5 Å². The van der Waals surface area contributed by atoms with Crippen LogP contribution in [0.1, 0.15) is 32.3 Å². The maximum Gasteiger partial charge on any atom is 0.168 e. The molecule has 1 heterocycles. The van der Waals surface area contributed by atoms with E-state index in [0.717, 1.165) is 30.2 Å². The second kappa shape index (κ2) is 12.2. The highest BCUT2D eigenvalue weighted by Gasteiger charge is 2.24. The Morgan fingerprint density at radius 1 is 1.26 bits per heavy atom. The van der Waals surface area contributed by atoms with Crippen molar-refractivity contribution in [3.63, 3.8) is 0 Å². The molecule has 0 saturated heterocycles. The van der Waals surface area contributed by atoms with Gasteiger partial charge in [-0.2, -0.15) is 5.26 Å². The van der Waals surface area contributed by atoms with Crippen LogP contribution in [0, 0.1) is 11.3 Å². The number of carbonyl (C=O) groups is 1. The third-order valence-corrected chi connectivity index (χ3v) is 7.21. The van der Waals surface area contributed by atoms with Crippen LogP contribution in [0.5, 0.6) is 0 Å². The van der Waals surface area contributed by atoms with Crippen molar-refractivity contribution in [3.8, 4) is 6.07 Å². The Hall–Kier alpha value is -2.69. The van der Waals surface area contributed by atoms with E-state index in [1.807, 2.05) is 25.0 Å². The molecule has 7 heteroatoms. The first-order valence-electron chi connectivity index (χ1n) is 10.0. The monoisotopic (exact) mass is 452 g/mol. The van der Waals surface area contributed by atoms with Crippen molar-refractivity contribution in [2.75, 3.05) is 25.5 Å². The zero-order chi connectivity index (χ0) is 22.8. The molecule has 162 valence electrons. The van der Waals surface area contributed by atoms with Crippen LogP contribution in [0.4, 0.5) is 11.4 Å². The molecule has 0 N–H and O–H groups in total. The molecule has 0 fully saturated rings. The highest BCUT2D eigenvalue weighted by Crippen LogP contribution is 2.47. The molecule has 1 aliphatic heterocycles. The number of thioether (sulfide) groups is 2. The highest BCUT2D eigenvalue weighted by molar-refractivity contribution is 8.17. The average molecular weight is 453 g/mol. The minimum absolute atomic E-state index is 0.628. The zero-order valence-corrected chi connectivity index (χ0v) is 20.1. The number of amidine groups is 1. The number of nitrogens with zero attached hydrogens (tertiary/aromatic N) is 4. The van der Waals surface area contributed by atoms with Gasteiger partial charge in [0.2, 0.25) is 0 Å². The fraction of sp³-hybridized carbons (Fsp3) is 0.292. The molecule has 3 rings (SSSR count). The van der Waals surface area contributed by atoms with E-state index in [9.17, 15) is 5.26 Å². The van der Waals surface area contributed by atoms with Gasteiger partial charge in [0.15, 0.2) is 5.17 Å². The number of anilines is 1. The van der Waals surface area contributed by atoms with Crippen molar-refractivity contribution in [1.29, 1.82) is 5.26 Å². The fourth-order valence-corrected chi connectivity index (χ4v) is 5.21. The summed E-state index contributed by atoms with van der Waals surface area (Å²) in [5.41, 5.74) is 2.68. The molecule has 0 aliphatic carbocycles. The summed E-state index contributed by atoms with van der Waals surface area (Å²) in [6.07, 6.45) is 2.25. The highest BCUT2D eigenvalue weighted by atomic mass is 32.2. The van der Waals surface area contributed by atoms with Gasteiger partial charge in [-0.05, 0) is 43.7 Å². The molecular weight excluding hydrogens is 424 g/mol. The number of aliphatic imine (C=N–C) groups is 1. The lowest BCUT2D eigenvalue weighted by molar-refractivity contribution is -0.0979. The van der Waals surface area contributed by atoms with Crippen LogP contribution in [-0.2, 0) is 4.79 Å². The lowest BCUT2D eigenvalue weighted by Gasteiger charge is -2.22. The summed E-state index contributed by atoms with van der Waals surface area (Å²) >= 11 is 3.50. The Kier molecular flexibility index (Phi) is 9.70. The summed E-state index contributed by atoms with van der Waals surface area (Å²) in [7, 11) is 4.21. The molecule has 1 aliphatic rings. The van der Waals surface area contributed by atoms with Crippen LogP contribution in [0.2, 0.25) is 0 Å². The number of carbonyl (C=O) groups excluding carboxylic acids is 1. The van der Waals surface area contributed by atoms with Crippen molar-refractivity contribution in [2.45, 2.75) is 31.6 Å². The standard InChI is InChI=1S/C23H26N4S2.CH2O/c1-5-6-14-26(3)23(25-19-11-9-10-18(15-19)16-24)28-17(2)22-27(4)20-12-7-8-13-21(20)29-22;1-2/h7-13,15H,5-6,14H2,1-4H3;1H2/b22-17-,25-23?;. The number of rotatable bonds is 5. The number of fused-ring (bicyclic) bond motifs is 1. The van der Waals surface area contributed by atoms with E-state index >= 15 is 0 Å². The topological polar surface area (TPSA) is 59.7 Å². The van der Waals surface area contributed by atoms with E-state index < -0.39 is 0 Å². The van der Waals surface area contributed by atoms with E-state index in [1.165, 1.54) is 20.5 Å². The third kappa shape index (κ3) is 6.39. The molecule has 5 nitrogen and oxygen atoms in total. The predicted octanol–water partition coefficient (Wildman–Crippen LogP) is 6.26. The summed E-state index contributed by atoms with van der Waals surface area (Å²) in [5.74, 6) is 0. The summed E-state index contributed by atoms with van der Waals surface area (Å²) in [6.45, 7) is 7.30. The Morgan fingerprint density at radius 2 is 2.00 bits per heavy atom. The SMILES string of the molecule is C=O.CCCCN(C)C(=Nc1cccc(C#N)c1)S/C(C)=C1\Sc2ccccc2N1C. The van der Waals surface area contributed by atoms with Crippen LogP contribution in [-0.4, -0.2) is 37.5 Å². The van der Waals surface area contributed by atoms with E-state index in [4.69, 9.17) is 9.79 Å². The van der Waals surface area contributed by atoms with Crippen LogP contribution in [0.25, 0.3) is 0 Å². The van der Waals surface area contributed by atoms with Gasteiger partial charge in [0.25, 0.3) is 0 Å². The van der Waals surface area contributed by atoms with Crippen molar-refractivity contribution >= 4 is 46.9 Å². The average Bonchev–Trinajstić information content (AvgIpc) is 3.15. The molecular formula is C24H28N4OS2. The van der Waals surface area contributed by atoms with Gasteiger partial charge < -0.3 is 14.6 Å². The summed E-state index contributed by atoms with van der Waals surface area (Å²) in [4.78, 5) is 19.9. The number of nitriles is 1. The van der Waals surface area contributed by atoms with Gasteiger partial charge in [-0.25, -0.2) is 4.99 Å². The molecule has 0 atom stereocenters. The molecule has 0 bridgehead atoms. The predicted molar refractivity (Wildman–Crippen MR) is 134 cm³/mol.